The first-order valence-electron chi connectivity index (χ1n) is 8.22. The molecule has 1 saturated heterocycles. The number of rotatable bonds is 3. The van der Waals surface area contributed by atoms with E-state index in [2.05, 4.69) is 39.5 Å². The average Bonchev–Trinajstić information content (AvgIpc) is 2.60. The van der Waals surface area contributed by atoms with E-state index in [0.717, 1.165) is 12.5 Å². The van der Waals surface area contributed by atoms with Crippen LogP contribution in [0.1, 0.15) is 66.7 Å². The van der Waals surface area contributed by atoms with Gasteiger partial charge in [-0.25, -0.2) is 0 Å². The van der Waals surface area contributed by atoms with Crippen LogP contribution in [-0.4, -0.2) is 30.1 Å². The van der Waals surface area contributed by atoms with Crippen LogP contribution in [0.2, 0.25) is 0 Å². The fourth-order valence-electron chi connectivity index (χ4n) is 4.77. The molecule has 1 heterocycles. The largest absolute Gasteiger partial charge is 0.329 e. The van der Waals surface area contributed by atoms with E-state index >= 15 is 0 Å². The van der Waals surface area contributed by atoms with Crippen LogP contribution in [0.3, 0.4) is 0 Å². The molecule has 2 aliphatic rings. The highest BCUT2D eigenvalue weighted by molar-refractivity contribution is 5.07. The summed E-state index contributed by atoms with van der Waals surface area (Å²) in [5.74, 6) is 0.735. The Morgan fingerprint density at radius 3 is 2.11 bits per heavy atom. The van der Waals surface area contributed by atoms with Crippen molar-refractivity contribution in [1.29, 1.82) is 0 Å². The maximum Gasteiger partial charge on any atom is 0.0362 e. The molecule has 1 saturated carbocycles. The molecule has 2 nitrogen and oxygen atoms in total. The van der Waals surface area contributed by atoms with Crippen LogP contribution < -0.4 is 5.73 Å². The molecule has 0 radical (unpaired) electrons. The second kappa shape index (κ2) is 5.04. The van der Waals surface area contributed by atoms with Crippen LogP contribution in [-0.2, 0) is 0 Å². The highest BCUT2D eigenvalue weighted by Crippen LogP contribution is 2.51. The van der Waals surface area contributed by atoms with E-state index in [1.807, 2.05) is 0 Å². The van der Waals surface area contributed by atoms with Gasteiger partial charge in [0.25, 0.3) is 0 Å². The van der Waals surface area contributed by atoms with Gasteiger partial charge in [0.2, 0.25) is 0 Å². The Morgan fingerprint density at radius 1 is 1.16 bits per heavy atom. The van der Waals surface area contributed by atoms with E-state index in [0.29, 0.717) is 10.8 Å². The lowest BCUT2D eigenvalue weighted by Gasteiger charge is -2.50. The first-order valence-corrected chi connectivity index (χ1v) is 8.22. The van der Waals surface area contributed by atoms with E-state index < -0.39 is 0 Å². The Morgan fingerprint density at radius 2 is 1.74 bits per heavy atom. The minimum absolute atomic E-state index is 0.276. The summed E-state index contributed by atoms with van der Waals surface area (Å²) in [7, 11) is 0. The second-order valence-corrected chi connectivity index (χ2v) is 8.41. The highest BCUT2D eigenvalue weighted by atomic mass is 15.2. The first-order chi connectivity index (χ1) is 8.77. The Balaban J connectivity index is 2.12. The third kappa shape index (κ3) is 2.71. The standard InChI is InChI=1S/C17H34N2/c1-6-16(5)7-9-19(10-8-16)17(13-18)12-15(3,4)11-14(17)2/h14H,6-13,18H2,1-5H3. The summed E-state index contributed by atoms with van der Waals surface area (Å²) in [6.07, 6.45) is 6.61. The third-order valence-corrected chi connectivity index (χ3v) is 6.37. The zero-order valence-corrected chi connectivity index (χ0v) is 13.8. The molecule has 2 unspecified atom stereocenters. The lowest BCUT2D eigenvalue weighted by molar-refractivity contribution is 0.00343. The summed E-state index contributed by atoms with van der Waals surface area (Å²) in [5.41, 5.74) is 7.58. The number of piperidine rings is 1. The van der Waals surface area contributed by atoms with Crippen LogP contribution in [0.25, 0.3) is 0 Å². The third-order valence-electron chi connectivity index (χ3n) is 6.37. The molecule has 19 heavy (non-hydrogen) atoms. The molecule has 1 aliphatic carbocycles. The lowest BCUT2D eigenvalue weighted by atomic mass is 9.75. The summed E-state index contributed by atoms with van der Waals surface area (Å²) in [5, 5.41) is 0. The van der Waals surface area contributed by atoms with Gasteiger partial charge in [0.1, 0.15) is 0 Å². The number of nitrogens with two attached hydrogens (primary N) is 1. The number of hydrogen-bond donors (Lipinski definition) is 1. The monoisotopic (exact) mass is 266 g/mol. The average molecular weight is 266 g/mol. The normalized spacial score (nSPS) is 38.5. The van der Waals surface area contributed by atoms with Gasteiger partial charge in [-0.1, -0.05) is 41.0 Å². The molecule has 0 aromatic heterocycles. The van der Waals surface area contributed by atoms with Gasteiger partial charge in [-0.3, -0.25) is 4.90 Å². The van der Waals surface area contributed by atoms with Gasteiger partial charge in [0.05, 0.1) is 0 Å². The van der Waals surface area contributed by atoms with E-state index in [1.54, 1.807) is 0 Å². The fraction of sp³-hybridized carbons (Fsp3) is 1.00. The van der Waals surface area contributed by atoms with Crippen molar-refractivity contribution in [3.05, 3.63) is 0 Å². The molecule has 2 atom stereocenters. The summed E-state index contributed by atoms with van der Waals surface area (Å²) in [6.45, 7) is 15.4. The molecule has 2 heteroatoms. The fourth-order valence-corrected chi connectivity index (χ4v) is 4.77. The van der Waals surface area contributed by atoms with Gasteiger partial charge in [-0.05, 0) is 55.5 Å². The Bertz CT molecular complexity index is 315. The molecule has 0 bridgehead atoms. The summed E-state index contributed by atoms with van der Waals surface area (Å²) in [4.78, 5) is 2.75. The molecule has 0 aromatic carbocycles. The van der Waals surface area contributed by atoms with Gasteiger partial charge < -0.3 is 5.73 Å². The van der Waals surface area contributed by atoms with Gasteiger partial charge >= 0.3 is 0 Å². The smallest absolute Gasteiger partial charge is 0.0362 e. The van der Waals surface area contributed by atoms with Crippen molar-refractivity contribution in [1.82, 2.24) is 4.90 Å². The van der Waals surface area contributed by atoms with Crippen molar-refractivity contribution in [2.45, 2.75) is 72.3 Å². The molecule has 2 N–H and O–H groups in total. The summed E-state index contributed by atoms with van der Waals surface area (Å²) in [6, 6.07) is 0. The minimum Gasteiger partial charge on any atom is -0.329 e. The molecular formula is C17H34N2. The number of nitrogens with zero attached hydrogens (tertiary/aromatic N) is 1. The lowest BCUT2D eigenvalue weighted by Crippen LogP contribution is -2.59. The van der Waals surface area contributed by atoms with Crippen molar-refractivity contribution >= 4 is 0 Å². The molecular weight excluding hydrogens is 232 g/mol. The minimum atomic E-state index is 0.276. The number of hydrogen-bond acceptors (Lipinski definition) is 2. The quantitative estimate of drug-likeness (QED) is 0.845. The van der Waals surface area contributed by atoms with E-state index in [-0.39, 0.29) is 5.54 Å². The van der Waals surface area contributed by atoms with Crippen LogP contribution >= 0.6 is 0 Å². The van der Waals surface area contributed by atoms with Crippen LogP contribution in [0.4, 0.5) is 0 Å². The van der Waals surface area contributed by atoms with Crippen molar-refractivity contribution in [2.75, 3.05) is 19.6 Å². The van der Waals surface area contributed by atoms with Crippen molar-refractivity contribution < 1.29 is 0 Å². The number of likely N-dealkylation sites (tertiary alicyclic amines) is 1. The van der Waals surface area contributed by atoms with E-state index in [4.69, 9.17) is 5.73 Å². The van der Waals surface area contributed by atoms with Crippen molar-refractivity contribution in [3.63, 3.8) is 0 Å². The molecule has 0 spiro atoms. The zero-order valence-electron chi connectivity index (χ0n) is 13.8. The Labute approximate surface area is 120 Å². The van der Waals surface area contributed by atoms with Crippen LogP contribution in [0.15, 0.2) is 0 Å². The second-order valence-electron chi connectivity index (χ2n) is 8.41. The molecule has 0 amide bonds. The summed E-state index contributed by atoms with van der Waals surface area (Å²) >= 11 is 0. The Hall–Kier alpha value is -0.0800. The highest BCUT2D eigenvalue weighted by Gasteiger charge is 2.52. The molecule has 1 aliphatic heterocycles. The predicted octanol–water partition coefficient (Wildman–Crippen LogP) is 3.65. The molecule has 2 fully saturated rings. The summed E-state index contributed by atoms with van der Waals surface area (Å²) < 4.78 is 0. The van der Waals surface area contributed by atoms with Crippen LogP contribution in [0, 0.1) is 16.7 Å². The topological polar surface area (TPSA) is 29.3 Å². The maximum atomic E-state index is 6.27. The van der Waals surface area contributed by atoms with Crippen LogP contribution in [0.5, 0.6) is 0 Å². The molecule has 0 aromatic rings. The van der Waals surface area contributed by atoms with Crippen molar-refractivity contribution in [3.8, 4) is 0 Å². The van der Waals surface area contributed by atoms with E-state index in [1.165, 1.54) is 45.2 Å². The molecule has 2 rings (SSSR count). The SMILES string of the molecule is CCC1(C)CCN(C2(CN)CC(C)(C)CC2C)CC1. The van der Waals surface area contributed by atoms with Gasteiger partial charge in [0.15, 0.2) is 0 Å². The van der Waals surface area contributed by atoms with Gasteiger partial charge in [-0.15, -0.1) is 0 Å². The van der Waals surface area contributed by atoms with Crippen molar-refractivity contribution in [2.24, 2.45) is 22.5 Å². The van der Waals surface area contributed by atoms with Gasteiger partial charge in [0, 0.05) is 12.1 Å². The van der Waals surface area contributed by atoms with E-state index in [9.17, 15) is 0 Å². The molecule has 112 valence electrons. The zero-order chi connectivity index (χ0) is 14.3. The predicted molar refractivity (Wildman–Crippen MR) is 83.2 cm³/mol. The maximum absolute atomic E-state index is 6.27. The Kier molecular flexibility index (Phi) is 4.06. The first kappa shape index (κ1) is 15.3. The van der Waals surface area contributed by atoms with Gasteiger partial charge in [-0.2, -0.15) is 0 Å².